The Hall–Kier alpha value is -0.730. The molecule has 0 aliphatic carbocycles. The van der Waals surface area contributed by atoms with Gasteiger partial charge in [-0.3, -0.25) is 4.79 Å². The summed E-state index contributed by atoms with van der Waals surface area (Å²) in [6.07, 6.45) is 0. The van der Waals surface area contributed by atoms with Crippen molar-refractivity contribution < 1.29 is 4.79 Å². The second-order valence-electron chi connectivity index (χ2n) is 2.62. The fraction of sp³-hybridized carbons (Fsp3) is 0.222. The van der Waals surface area contributed by atoms with Gasteiger partial charge in [-0.15, -0.1) is 11.6 Å². The van der Waals surface area contributed by atoms with Gasteiger partial charge >= 0.3 is 0 Å². The summed E-state index contributed by atoms with van der Waals surface area (Å²) in [5, 5.41) is 2.67. The van der Waals surface area contributed by atoms with Crippen molar-refractivity contribution in [3.8, 4) is 0 Å². The number of hydrogen-bond donors (Lipinski definition) is 1. The SMILES string of the molecule is C[C@@H](Cl)C(=O)Nc1cccc(Cl)c1. The normalized spacial score (nSPS) is 12.2. The molecule has 70 valence electrons. The average molecular weight is 218 g/mol. The quantitative estimate of drug-likeness (QED) is 0.759. The monoisotopic (exact) mass is 217 g/mol. The molecule has 0 saturated carbocycles. The molecule has 0 aliphatic rings. The van der Waals surface area contributed by atoms with Crippen LogP contribution in [0.15, 0.2) is 24.3 Å². The molecule has 1 aromatic carbocycles. The van der Waals surface area contributed by atoms with Gasteiger partial charge in [-0.2, -0.15) is 0 Å². The maximum Gasteiger partial charge on any atom is 0.242 e. The van der Waals surface area contributed by atoms with Crippen molar-refractivity contribution in [3.05, 3.63) is 29.3 Å². The zero-order valence-corrected chi connectivity index (χ0v) is 8.56. The molecule has 13 heavy (non-hydrogen) atoms. The van der Waals surface area contributed by atoms with Crippen molar-refractivity contribution in [1.29, 1.82) is 0 Å². The second-order valence-corrected chi connectivity index (χ2v) is 3.71. The number of halogens is 2. The topological polar surface area (TPSA) is 29.1 Å². The lowest BCUT2D eigenvalue weighted by molar-refractivity contribution is -0.115. The Bertz CT molecular complexity index is 312. The summed E-state index contributed by atoms with van der Waals surface area (Å²) in [7, 11) is 0. The van der Waals surface area contributed by atoms with E-state index in [2.05, 4.69) is 5.32 Å². The predicted molar refractivity (Wildman–Crippen MR) is 55.4 cm³/mol. The predicted octanol–water partition coefficient (Wildman–Crippen LogP) is 2.91. The first-order valence-corrected chi connectivity index (χ1v) is 4.61. The van der Waals surface area contributed by atoms with Crippen molar-refractivity contribution in [2.45, 2.75) is 12.3 Å². The minimum atomic E-state index is -0.543. The Labute approximate surface area is 86.8 Å². The van der Waals surface area contributed by atoms with Crippen LogP contribution in [0.25, 0.3) is 0 Å². The minimum absolute atomic E-state index is 0.232. The molecule has 1 atom stereocenters. The molecule has 0 heterocycles. The van der Waals surface area contributed by atoms with E-state index in [1.165, 1.54) is 0 Å². The molecule has 0 spiro atoms. The fourth-order valence-electron chi connectivity index (χ4n) is 0.808. The summed E-state index contributed by atoms with van der Waals surface area (Å²) in [4.78, 5) is 11.1. The van der Waals surface area contributed by atoms with Gasteiger partial charge in [0.2, 0.25) is 5.91 Å². The van der Waals surface area contributed by atoms with Crippen LogP contribution in [0.1, 0.15) is 6.92 Å². The van der Waals surface area contributed by atoms with Crippen LogP contribution in [0, 0.1) is 0 Å². The Morgan fingerprint density at radius 2 is 2.23 bits per heavy atom. The summed E-state index contributed by atoms with van der Waals surface area (Å²) in [5.41, 5.74) is 0.657. The molecule has 0 aliphatic heterocycles. The molecule has 0 fully saturated rings. The summed E-state index contributed by atoms with van der Waals surface area (Å²) in [5.74, 6) is -0.232. The Kier molecular flexibility index (Phi) is 3.58. The van der Waals surface area contributed by atoms with Crippen molar-refractivity contribution in [2.24, 2.45) is 0 Å². The van der Waals surface area contributed by atoms with Crippen LogP contribution in [-0.2, 0) is 4.79 Å². The van der Waals surface area contributed by atoms with Gasteiger partial charge in [0.1, 0.15) is 5.38 Å². The first kappa shape index (κ1) is 10.4. The van der Waals surface area contributed by atoms with Gasteiger partial charge < -0.3 is 5.32 Å². The van der Waals surface area contributed by atoms with Crippen molar-refractivity contribution in [2.75, 3.05) is 5.32 Å². The number of anilines is 1. The van der Waals surface area contributed by atoms with Crippen LogP contribution in [0.2, 0.25) is 5.02 Å². The van der Waals surface area contributed by atoms with E-state index in [0.717, 1.165) is 0 Å². The molecule has 1 rings (SSSR count). The third-order valence-electron chi connectivity index (χ3n) is 1.45. The van der Waals surface area contributed by atoms with E-state index in [4.69, 9.17) is 23.2 Å². The average Bonchev–Trinajstić information content (AvgIpc) is 2.04. The largest absolute Gasteiger partial charge is 0.325 e. The first-order valence-electron chi connectivity index (χ1n) is 3.80. The third-order valence-corrected chi connectivity index (χ3v) is 1.89. The Morgan fingerprint density at radius 1 is 1.54 bits per heavy atom. The lowest BCUT2D eigenvalue weighted by atomic mass is 10.3. The molecule has 4 heteroatoms. The van der Waals surface area contributed by atoms with Crippen molar-refractivity contribution in [1.82, 2.24) is 0 Å². The number of benzene rings is 1. The molecule has 1 aromatic rings. The highest BCUT2D eigenvalue weighted by molar-refractivity contribution is 6.32. The van der Waals surface area contributed by atoms with Crippen LogP contribution < -0.4 is 5.32 Å². The van der Waals surface area contributed by atoms with Gasteiger partial charge in [0.15, 0.2) is 0 Å². The maximum absolute atomic E-state index is 11.1. The van der Waals surface area contributed by atoms with Gasteiger partial charge in [0, 0.05) is 10.7 Å². The Balaban J connectivity index is 2.69. The lowest BCUT2D eigenvalue weighted by Gasteiger charge is -2.05. The maximum atomic E-state index is 11.1. The molecular weight excluding hydrogens is 209 g/mol. The number of rotatable bonds is 2. The smallest absolute Gasteiger partial charge is 0.242 e. The summed E-state index contributed by atoms with van der Waals surface area (Å²) < 4.78 is 0. The molecule has 0 aromatic heterocycles. The van der Waals surface area contributed by atoms with Gasteiger partial charge in [0.25, 0.3) is 0 Å². The van der Waals surface area contributed by atoms with Crippen LogP contribution in [0.4, 0.5) is 5.69 Å². The highest BCUT2D eigenvalue weighted by Crippen LogP contribution is 2.15. The highest BCUT2D eigenvalue weighted by atomic mass is 35.5. The molecule has 0 unspecified atom stereocenters. The van der Waals surface area contributed by atoms with Crippen LogP contribution >= 0.6 is 23.2 Å². The molecular formula is C9H9Cl2NO. The number of carbonyl (C=O) groups is 1. The van der Waals surface area contributed by atoms with Gasteiger partial charge in [-0.1, -0.05) is 17.7 Å². The zero-order valence-electron chi connectivity index (χ0n) is 7.05. The van der Waals surface area contributed by atoms with Crippen LogP contribution in [0.5, 0.6) is 0 Å². The number of nitrogens with one attached hydrogen (secondary N) is 1. The second kappa shape index (κ2) is 4.49. The van der Waals surface area contributed by atoms with E-state index >= 15 is 0 Å². The molecule has 1 N–H and O–H groups in total. The Morgan fingerprint density at radius 3 is 2.77 bits per heavy atom. The molecule has 0 radical (unpaired) electrons. The van der Waals surface area contributed by atoms with Crippen LogP contribution in [-0.4, -0.2) is 11.3 Å². The lowest BCUT2D eigenvalue weighted by Crippen LogP contribution is -2.20. The van der Waals surface area contributed by atoms with E-state index in [0.29, 0.717) is 10.7 Å². The molecule has 0 bridgehead atoms. The van der Waals surface area contributed by atoms with E-state index in [1.54, 1.807) is 31.2 Å². The van der Waals surface area contributed by atoms with Gasteiger partial charge in [0.05, 0.1) is 0 Å². The molecule has 2 nitrogen and oxygen atoms in total. The summed E-state index contributed by atoms with van der Waals surface area (Å²) in [6.45, 7) is 1.61. The number of hydrogen-bond acceptors (Lipinski definition) is 1. The standard InChI is InChI=1S/C9H9Cl2NO/c1-6(10)9(13)12-8-4-2-3-7(11)5-8/h2-6H,1H3,(H,12,13)/t6-/m1/s1. The number of amides is 1. The molecule has 1 amide bonds. The third kappa shape index (κ3) is 3.25. The minimum Gasteiger partial charge on any atom is -0.325 e. The van der Waals surface area contributed by atoms with Gasteiger partial charge in [-0.05, 0) is 25.1 Å². The van der Waals surface area contributed by atoms with E-state index < -0.39 is 5.38 Å². The van der Waals surface area contributed by atoms with E-state index in [-0.39, 0.29) is 5.91 Å². The first-order chi connectivity index (χ1) is 6.09. The fourth-order valence-corrected chi connectivity index (χ4v) is 1.05. The highest BCUT2D eigenvalue weighted by Gasteiger charge is 2.08. The summed E-state index contributed by atoms with van der Waals surface area (Å²) >= 11 is 11.3. The van der Waals surface area contributed by atoms with Crippen molar-refractivity contribution >= 4 is 34.8 Å². The summed E-state index contributed by atoms with van der Waals surface area (Å²) in [6, 6.07) is 6.92. The van der Waals surface area contributed by atoms with E-state index in [9.17, 15) is 4.79 Å². The van der Waals surface area contributed by atoms with Crippen molar-refractivity contribution in [3.63, 3.8) is 0 Å². The number of carbonyl (C=O) groups excluding carboxylic acids is 1. The molecule has 0 saturated heterocycles. The van der Waals surface area contributed by atoms with E-state index in [1.807, 2.05) is 0 Å². The van der Waals surface area contributed by atoms with Gasteiger partial charge in [-0.25, -0.2) is 0 Å². The number of alkyl halides is 1. The van der Waals surface area contributed by atoms with Crippen LogP contribution in [0.3, 0.4) is 0 Å². The zero-order chi connectivity index (χ0) is 9.84.